The largest absolute Gasteiger partial charge is 0.366 e. The topological polar surface area (TPSA) is 89.3 Å². The first-order valence-corrected chi connectivity index (χ1v) is 7.94. The molecule has 0 aliphatic heterocycles. The van der Waals surface area contributed by atoms with Crippen molar-refractivity contribution in [1.29, 1.82) is 0 Å². The molecule has 0 aliphatic rings. The summed E-state index contributed by atoms with van der Waals surface area (Å²) >= 11 is 3.25. The maximum absolute atomic E-state index is 13.7. The van der Waals surface area contributed by atoms with Gasteiger partial charge in [-0.1, -0.05) is 28.1 Å². The Labute approximate surface area is 150 Å². The molecule has 130 valence electrons. The molecule has 0 aliphatic carbocycles. The van der Waals surface area contributed by atoms with Gasteiger partial charge in [-0.3, -0.25) is 14.4 Å². The van der Waals surface area contributed by atoms with Crippen LogP contribution in [0.15, 0.2) is 40.9 Å². The molecule has 0 saturated heterocycles. The van der Waals surface area contributed by atoms with Gasteiger partial charge in [0.1, 0.15) is 11.6 Å². The number of benzene rings is 2. The monoisotopic (exact) mass is 410 g/mol. The number of anilines is 1. The third-order valence-corrected chi connectivity index (χ3v) is 3.87. The molecule has 2 aromatic carbocycles. The fraction of sp³-hybridized carbons (Fsp3) is 0.118. The maximum atomic E-state index is 13.7. The van der Waals surface area contributed by atoms with Gasteiger partial charge in [-0.05, 0) is 18.2 Å². The second-order valence-electron chi connectivity index (χ2n) is 5.15. The molecule has 3 N–H and O–H groups in total. The van der Waals surface area contributed by atoms with E-state index in [1.54, 1.807) is 24.3 Å². The van der Waals surface area contributed by atoms with Crippen LogP contribution in [0, 0.1) is 11.6 Å². The highest BCUT2D eigenvalue weighted by molar-refractivity contribution is 9.10. The number of amides is 2. The normalized spacial score (nSPS) is 10.4. The first-order chi connectivity index (χ1) is 11.8. The van der Waals surface area contributed by atoms with Crippen LogP contribution in [0.1, 0.15) is 33.6 Å². The Hall–Kier alpha value is -2.61. The third kappa shape index (κ3) is 4.93. The first kappa shape index (κ1) is 18.7. The molecule has 5 nitrogen and oxygen atoms in total. The van der Waals surface area contributed by atoms with Crippen LogP contribution >= 0.6 is 15.9 Å². The van der Waals surface area contributed by atoms with Gasteiger partial charge in [-0.25, -0.2) is 8.78 Å². The molecule has 25 heavy (non-hydrogen) atoms. The second kappa shape index (κ2) is 7.98. The van der Waals surface area contributed by atoms with Crippen molar-refractivity contribution in [2.24, 2.45) is 5.73 Å². The van der Waals surface area contributed by atoms with E-state index in [4.69, 9.17) is 5.73 Å². The van der Waals surface area contributed by atoms with Crippen molar-refractivity contribution in [3.05, 3.63) is 63.6 Å². The summed E-state index contributed by atoms with van der Waals surface area (Å²) in [4.78, 5) is 34.9. The number of nitrogens with one attached hydrogen (secondary N) is 1. The van der Waals surface area contributed by atoms with E-state index < -0.39 is 29.0 Å². The van der Waals surface area contributed by atoms with Crippen LogP contribution < -0.4 is 11.1 Å². The van der Waals surface area contributed by atoms with Crippen LogP contribution in [-0.2, 0) is 4.79 Å². The van der Waals surface area contributed by atoms with E-state index >= 15 is 0 Å². The molecule has 0 radical (unpaired) electrons. The van der Waals surface area contributed by atoms with E-state index in [1.807, 2.05) is 0 Å². The molecule has 2 amide bonds. The Bertz CT molecular complexity index is 839. The summed E-state index contributed by atoms with van der Waals surface area (Å²) in [5.74, 6) is -4.15. The lowest BCUT2D eigenvalue weighted by Gasteiger charge is -2.08. The van der Waals surface area contributed by atoms with E-state index in [2.05, 4.69) is 21.2 Å². The summed E-state index contributed by atoms with van der Waals surface area (Å²) in [6, 6.07) is 7.91. The average Bonchev–Trinajstić information content (AvgIpc) is 2.55. The van der Waals surface area contributed by atoms with E-state index in [-0.39, 0.29) is 24.3 Å². The van der Waals surface area contributed by atoms with Crippen LogP contribution in [0.3, 0.4) is 0 Å². The van der Waals surface area contributed by atoms with Crippen LogP contribution in [0.25, 0.3) is 0 Å². The lowest BCUT2D eigenvalue weighted by atomic mass is 10.1. The highest BCUT2D eigenvalue weighted by atomic mass is 79.9. The van der Waals surface area contributed by atoms with Gasteiger partial charge in [0.2, 0.25) is 5.91 Å². The third-order valence-electron chi connectivity index (χ3n) is 3.34. The fourth-order valence-electron chi connectivity index (χ4n) is 2.05. The van der Waals surface area contributed by atoms with Gasteiger partial charge >= 0.3 is 0 Å². The minimum atomic E-state index is -1.12. The van der Waals surface area contributed by atoms with Gasteiger partial charge in [0.05, 0.1) is 11.3 Å². The Balaban J connectivity index is 2.00. The number of halogens is 3. The van der Waals surface area contributed by atoms with Crippen molar-refractivity contribution in [3.63, 3.8) is 0 Å². The standard InChI is InChI=1S/C17H13BrF2N2O3/c18-10-3-1-9(2-4-10)15(23)5-6-16(24)22-14-7-11(17(21)25)12(19)8-13(14)20/h1-4,7-8H,5-6H2,(H2,21,25)(H,22,24). The Morgan fingerprint density at radius 1 is 1.00 bits per heavy atom. The predicted molar refractivity (Wildman–Crippen MR) is 91.2 cm³/mol. The number of nitrogens with two attached hydrogens (primary N) is 1. The SMILES string of the molecule is NC(=O)c1cc(NC(=O)CCC(=O)c2ccc(Br)cc2)c(F)cc1F. The van der Waals surface area contributed by atoms with Gasteiger partial charge in [-0.2, -0.15) is 0 Å². The summed E-state index contributed by atoms with van der Waals surface area (Å²) in [5.41, 5.74) is 4.50. The van der Waals surface area contributed by atoms with E-state index in [9.17, 15) is 23.2 Å². The maximum Gasteiger partial charge on any atom is 0.251 e. The molecular weight excluding hydrogens is 398 g/mol. The zero-order valence-electron chi connectivity index (χ0n) is 12.8. The zero-order chi connectivity index (χ0) is 18.6. The van der Waals surface area contributed by atoms with E-state index in [1.165, 1.54) is 0 Å². The lowest BCUT2D eigenvalue weighted by Crippen LogP contribution is -2.17. The molecule has 8 heteroatoms. The number of rotatable bonds is 6. The minimum Gasteiger partial charge on any atom is -0.366 e. The van der Waals surface area contributed by atoms with Crippen molar-refractivity contribution < 1.29 is 23.2 Å². The second-order valence-corrected chi connectivity index (χ2v) is 6.07. The molecule has 0 fully saturated rings. The van der Waals surface area contributed by atoms with Crippen molar-refractivity contribution in [2.45, 2.75) is 12.8 Å². The van der Waals surface area contributed by atoms with Crippen molar-refractivity contribution in [1.82, 2.24) is 0 Å². The van der Waals surface area contributed by atoms with Crippen molar-refractivity contribution >= 4 is 39.2 Å². The predicted octanol–water partition coefficient (Wildman–Crippen LogP) is 3.43. The molecule has 0 aromatic heterocycles. The molecule has 0 heterocycles. The molecule has 0 saturated carbocycles. The number of Topliss-reactive ketones (excluding diaryl/α,β-unsaturated/α-hetero) is 1. The number of ketones is 1. The summed E-state index contributed by atoms with van der Waals surface area (Å²) in [7, 11) is 0. The quantitative estimate of drug-likeness (QED) is 0.714. The molecule has 2 aromatic rings. The molecule has 0 spiro atoms. The lowest BCUT2D eigenvalue weighted by molar-refractivity contribution is -0.116. The first-order valence-electron chi connectivity index (χ1n) is 7.15. The van der Waals surface area contributed by atoms with Crippen LogP contribution in [0.4, 0.5) is 14.5 Å². The Kier molecular flexibility index (Phi) is 5.97. The van der Waals surface area contributed by atoms with Gasteiger partial charge in [0.15, 0.2) is 5.78 Å². The highest BCUT2D eigenvalue weighted by Crippen LogP contribution is 2.20. The fourth-order valence-corrected chi connectivity index (χ4v) is 2.32. The number of hydrogen-bond donors (Lipinski definition) is 2. The van der Waals surface area contributed by atoms with Crippen molar-refractivity contribution in [3.8, 4) is 0 Å². The van der Waals surface area contributed by atoms with Crippen LogP contribution in [-0.4, -0.2) is 17.6 Å². The van der Waals surface area contributed by atoms with Gasteiger partial charge < -0.3 is 11.1 Å². The molecule has 0 bridgehead atoms. The van der Waals surface area contributed by atoms with E-state index in [0.717, 1.165) is 10.5 Å². The molecular formula is C17H13BrF2N2O3. The average molecular weight is 411 g/mol. The summed E-state index contributed by atoms with van der Waals surface area (Å²) in [5, 5.41) is 2.20. The number of primary amides is 1. The Morgan fingerprint density at radius 2 is 1.64 bits per heavy atom. The van der Waals surface area contributed by atoms with E-state index in [0.29, 0.717) is 11.6 Å². The molecule has 0 atom stereocenters. The number of hydrogen-bond acceptors (Lipinski definition) is 3. The van der Waals surface area contributed by atoms with Gasteiger partial charge in [0, 0.05) is 28.9 Å². The summed E-state index contributed by atoms with van der Waals surface area (Å²) in [6.45, 7) is 0. The zero-order valence-corrected chi connectivity index (χ0v) is 14.4. The number of carbonyl (C=O) groups is 3. The highest BCUT2D eigenvalue weighted by Gasteiger charge is 2.16. The summed E-state index contributed by atoms with van der Waals surface area (Å²) < 4.78 is 27.9. The smallest absolute Gasteiger partial charge is 0.251 e. The van der Waals surface area contributed by atoms with Crippen LogP contribution in [0.5, 0.6) is 0 Å². The van der Waals surface area contributed by atoms with Crippen LogP contribution in [0.2, 0.25) is 0 Å². The molecule has 0 unspecified atom stereocenters. The van der Waals surface area contributed by atoms with Gasteiger partial charge in [0.25, 0.3) is 5.91 Å². The minimum absolute atomic E-state index is 0.0844. The number of carbonyl (C=O) groups excluding carboxylic acids is 3. The summed E-state index contributed by atoms with van der Waals surface area (Å²) in [6.07, 6.45) is -0.281. The van der Waals surface area contributed by atoms with Crippen molar-refractivity contribution in [2.75, 3.05) is 5.32 Å². The van der Waals surface area contributed by atoms with Gasteiger partial charge in [-0.15, -0.1) is 0 Å². The molecule has 2 rings (SSSR count). The Morgan fingerprint density at radius 3 is 2.24 bits per heavy atom.